The van der Waals surface area contributed by atoms with E-state index in [1.165, 1.54) is 11.1 Å². The zero-order chi connectivity index (χ0) is 15.9. The van der Waals surface area contributed by atoms with Crippen molar-refractivity contribution in [2.45, 2.75) is 13.0 Å². The van der Waals surface area contributed by atoms with Crippen LogP contribution in [0.5, 0.6) is 0 Å². The Bertz CT molecular complexity index is 634. The van der Waals surface area contributed by atoms with Gasteiger partial charge in [0.05, 0.1) is 20.2 Å². The lowest BCUT2D eigenvalue weighted by molar-refractivity contribution is -0.502. The molecule has 0 fully saturated rings. The molecule has 22 heavy (non-hydrogen) atoms. The molecule has 0 aromatic heterocycles. The molecule has 116 valence electrons. The molecule has 2 aromatic rings. The van der Waals surface area contributed by atoms with Gasteiger partial charge < -0.3 is 4.74 Å². The van der Waals surface area contributed by atoms with Gasteiger partial charge in [-0.25, -0.2) is 0 Å². The molecule has 0 spiro atoms. The summed E-state index contributed by atoms with van der Waals surface area (Å²) in [5.41, 5.74) is 14.7. The van der Waals surface area contributed by atoms with Crippen molar-refractivity contribution < 1.29 is 9.31 Å². The summed E-state index contributed by atoms with van der Waals surface area (Å²) in [5, 5.41) is 0. The zero-order valence-electron chi connectivity index (χ0n) is 13.2. The van der Waals surface area contributed by atoms with Gasteiger partial charge in [-0.3, -0.25) is 16.0 Å². The molecule has 0 radical (unpaired) electrons. The van der Waals surface area contributed by atoms with E-state index in [2.05, 4.69) is 31.2 Å². The third kappa shape index (κ3) is 4.09. The van der Waals surface area contributed by atoms with Crippen molar-refractivity contribution in [2.75, 3.05) is 20.2 Å². The van der Waals surface area contributed by atoms with Crippen LogP contribution in [0, 0.1) is 6.92 Å². The maximum absolute atomic E-state index is 6.15. The van der Waals surface area contributed by atoms with E-state index in [1.807, 2.05) is 37.4 Å². The van der Waals surface area contributed by atoms with Gasteiger partial charge in [0.25, 0.3) is 0 Å². The molecule has 0 aliphatic heterocycles. The first-order valence-electron chi connectivity index (χ1n) is 7.40. The zero-order valence-corrected chi connectivity index (χ0v) is 13.2. The normalized spacial score (nSPS) is 11.9. The van der Waals surface area contributed by atoms with E-state index in [9.17, 15) is 0 Å². The number of nitrogens with zero attached hydrogens (tertiary/aromatic N) is 1. The molecule has 0 saturated heterocycles. The van der Waals surface area contributed by atoms with Crippen molar-refractivity contribution in [3.8, 4) is 0 Å². The van der Waals surface area contributed by atoms with Crippen LogP contribution in [0.25, 0.3) is 0 Å². The Morgan fingerprint density at radius 1 is 1.05 bits per heavy atom. The summed E-state index contributed by atoms with van der Waals surface area (Å²) in [6.07, 6.45) is -0.0881. The van der Waals surface area contributed by atoms with E-state index >= 15 is 0 Å². The van der Waals surface area contributed by atoms with E-state index in [0.29, 0.717) is 19.1 Å². The summed E-state index contributed by atoms with van der Waals surface area (Å²) in [4.78, 5) is 0. The molecule has 0 amide bonds. The maximum Gasteiger partial charge on any atom is 0.340 e. The number of rotatable bonds is 6. The SMILES string of the molecule is Cc1ccccc1C(OCC[N+](C)=C(N)N)c1ccccc1. The summed E-state index contributed by atoms with van der Waals surface area (Å²) < 4.78 is 7.93. The van der Waals surface area contributed by atoms with Gasteiger partial charge in [0.2, 0.25) is 0 Å². The molecular weight excluding hydrogens is 274 g/mol. The van der Waals surface area contributed by atoms with Gasteiger partial charge >= 0.3 is 5.96 Å². The second-order valence-corrected chi connectivity index (χ2v) is 5.36. The second kappa shape index (κ2) is 7.61. The number of likely N-dealkylation sites (N-methyl/N-ethyl adjacent to an activating group) is 1. The van der Waals surface area contributed by atoms with Gasteiger partial charge in [-0.2, -0.15) is 0 Å². The van der Waals surface area contributed by atoms with Crippen molar-refractivity contribution in [1.29, 1.82) is 0 Å². The standard InChI is InChI=1S/C18H23N3O/c1-14-8-6-7-11-16(14)17(15-9-4-3-5-10-15)22-13-12-21(2)18(19)20/h3-11,17H,12-13H2,1-2H3,(H3,19,20)/p+1. The Labute approximate surface area is 132 Å². The molecule has 4 nitrogen and oxygen atoms in total. The van der Waals surface area contributed by atoms with Gasteiger partial charge in [0.15, 0.2) is 0 Å². The van der Waals surface area contributed by atoms with E-state index in [4.69, 9.17) is 16.2 Å². The number of hydrogen-bond acceptors (Lipinski definition) is 1. The quantitative estimate of drug-likeness (QED) is 0.487. The highest BCUT2D eigenvalue weighted by Gasteiger charge is 2.16. The number of aryl methyl sites for hydroxylation is 1. The highest BCUT2D eigenvalue weighted by atomic mass is 16.5. The smallest absolute Gasteiger partial charge is 0.340 e. The Morgan fingerprint density at radius 2 is 1.68 bits per heavy atom. The third-order valence-corrected chi connectivity index (χ3v) is 3.73. The van der Waals surface area contributed by atoms with Crippen molar-refractivity contribution >= 4 is 5.96 Å². The van der Waals surface area contributed by atoms with E-state index in [0.717, 1.165) is 5.56 Å². The third-order valence-electron chi connectivity index (χ3n) is 3.73. The lowest BCUT2D eigenvalue weighted by Crippen LogP contribution is -2.35. The average Bonchev–Trinajstić information content (AvgIpc) is 2.53. The van der Waals surface area contributed by atoms with Crippen LogP contribution in [-0.4, -0.2) is 30.7 Å². The Balaban J connectivity index is 2.20. The van der Waals surface area contributed by atoms with E-state index in [-0.39, 0.29) is 6.10 Å². The fraction of sp³-hybridized carbons (Fsp3) is 0.278. The lowest BCUT2D eigenvalue weighted by atomic mass is 9.97. The van der Waals surface area contributed by atoms with Crippen LogP contribution in [-0.2, 0) is 4.74 Å². The number of hydrogen-bond donors (Lipinski definition) is 2. The fourth-order valence-electron chi connectivity index (χ4n) is 2.31. The Kier molecular flexibility index (Phi) is 5.55. The van der Waals surface area contributed by atoms with Crippen molar-refractivity contribution in [2.24, 2.45) is 11.5 Å². The van der Waals surface area contributed by atoms with E-state index < -0.39 is 0 Å². The molecule has 0 heterocycles. The minimum atomic E-state index is -0.0881. The maximum atomic E-state index is 6.15. The minimum absolute atomic E-state index is 0.0881. The number of ether oxygens (including phenoxy) is 1. The van der Waals surface area contributed by atoms with Gasteiger partial charge in [0.1, 0.15) is 6.10 Å². The van der Waals surface area contributed by atoms with Crippen LogP contribution in [0.1, 0.15) is 22.8 Å². The molecule has 2 rings (SSSR count). The summed E-state index contributed by atoms with van der Waals surface area (Å²) in [5.74, 6) is 0.302. The topological polar surface area (TPSA) is 64.3 Å². The van der Waals surface area contributed by atoms with Crippen LogP contribution >= 0.6 is 0 Å². The van der Waals surface area contributed by atoms with Crippen molar-refractivity contribution in [3.05, 3.63) is 71.3 Å². The minimum Gasteiger partial charge on any atom is -0.365 e. The van der Waals surface area contributed by atoms with Crippen LogP contribution in [0.15, 0.2) is 54.6 Å². The molecular formula is C18H24N3O+. The first-order chi connectivity index (χ1) is 10.6. The molecule has 0 aliphatic carbocycles. The Hall–Kier alpha value is -2.33. The molecule has 1 atom stereocenters. The summed E-state index contributed by atoms with van der Waals surface area (Å²) in [7, 11) is 1.85. The highest BCUT2D eigenvalue weighted by molar-refractivity contribution is 5.70. The van der Waals surface area contributed by atoms with Crippen LogP contribution < -0.4 is 11.5 Å². The van der Waals surface area contributed by atoms with E-state index in [1.54, 1.807) is 4.58 Å². The molecule has 4 heteroatoms. The number of nitrogens with two attached hydrogens (primary N) is 2. The second-order valence-electron chi connectivity index (χ2n) is 5.36. The van der Waals surface area contributed by atoms with Crippen molar-refractivity contribution in [3.63, 3.8) is 0 Å². The van der Waals surface area contributed by atoms with Gasteiger partial charge in [-0.05, 0) is 23.6 Å². The predicted octanol–water partition coefficient (Wildman–Crippen LogP) is 2.02. The summed E-state index contributed by atoms with van der Waals surface area (Å²) >= 11 is 0. The molecule has 0 saturated carbocycles. The largest absolute Gasteiger partial charge is 0.365 e. The molecule has 2 aromatic carbocycles. The fourth-order valence-corrected chi connectivity index (χ4v) is 2.31. The summed E-state index contributed by atoms with van der Waals surface area (Å²) in [6.45, 7) is 3.30. The number of benzene rings is 2. The molecule has 4 N–H and O–H groups in total. The molecule has 0 bridgehead atoms. The van der Waals surface area contributed by atoms with Gasteiger partial charge in [0, 0.05) is 0 Å². The Morgan fingerprint density at radius 3 is 2.32 bits per heavy atom. The first-order valence-corrected chi connectivity index (χ1v) is 7.40. The molecule has 0 aliphatic rings. The van der Waals surface area contributed by atoms with Crippen LogP contribution in [0.3, 0.4) is 0 Å². The van der Waals surface area contributed by atoms with Gasteiger partial charge in [-0.1, -0.05) is 54.6 Å². The van der Waals surface area contributed by atoms with Gasteiger partial charge in [-0.15, -0.1) is 0 Å². The number of guanidine groups is 1. The highest BCUT2D eigenvalue weighted by Crippen LogP contribution is 2.28. The van der Waals surface area contributed by atoms with Crippen LogP contribution in [0.2, 0.25) is 0 Å². The summed E-state index contributed by atoms with van der Waals surface area (Å²) in [6, 6.07) is 18.5. The molecule has 1 unspecified atom stereocenters. The predicted molar refractivity (Wildman–Crippen MR) is 89.8 cm³/mol. The average molecular weight is 298 g/mol. The van der Waals surface area contributed by atoms with Crippen LogP contribution in [0.4, 0.5) is 0 Å². The van der Waals surface area contributed by atoms with Crippen molar-refractivity contribution in [1.82, 2.24) is 0 Å². The monoisotopic (exact) mass is 298 g/mol. The first kappa shape index (κ1) is 16.0. The lowest BCUT2D eigenvalue weighted by Gasteiger charge is -2.21.